The summed E-state index contributed by atoms with van der Waals surface area (Å²) in [6, 6.07) is 12.4. The third-order valence-electron chi connectivity index (χ3n) is 6.77. The van der Waals surface area contributed by atoms with Crippen molar-refractivity contribution in [2.45, 2.75) is 46.7 Å². The van der Waals surface area contributed by atoms with Crippen molar-refractivity contribution < 1.29 is 4.79 Å². The molecule has 7 heteroatoms. The van der Waals surface area contributed by atoms with Gasteiger partial charge in [-0.15, -0.1) is 0 Å². The minimum atomic E-state index is 0.0889. The second-order valence-electron chi connectivity index (χ2n) is 9.36. The summed E-state index contributed by atoms with van der Waals surface area (Å²) in [5.41, 5.74) is 8.68. The molecule has 0 radical (unpaired) electrons. The number of aryl methyl sites for hydroxylation is 2. The topological polar surface area (TPSA) is 58.1 Å². The molecule has 0 fully saturated rings. The molecule has 6 rings (SSSR count). The first-order chi connectivity index (χ1) is 16.8. The number of benzene rings is 2. The van der Waals surface area contributed by atoms with Crippen LogP contribution in [0.25, 0.3) is 21.8 Å². The Morgan fingerprint density at radius 3 is 2.06 bits per heavy atom. The maximum absolute atomic E-state index is 11.5. The van der Waals surface area contributed by atoms with E-state index in [1.165, 1.54) is 11.1 Å². The molecule has 0 unspecified atom stereocenters. The highest BCUT2D eigenvalue weighted by Gasteiger charge is 2.23. The Balaban J connectivity index is 0.000000147. The Hall–Kier alpha value is -2.73. The minimum Gasteiger partial charge on any atom is -0.338 e. The number of nitrogens with one attached hydrogen (secondary N) is 1. The number of aromatic nitrogens is 2. The summed E-state index contributed by atoms with van der Waals surface area (Å²) >= 11 is 13.0. The van der Waals surface area contributed by atoms with Gasteiger partial charge in [-0.2, -0.15) is 0 Å². The van der Waals surface area contributed by atoms with Crippen LogP contribution in [0.4, 0.5) is 0 Å². The van der Waals surface area contributed by atoms with Crippen LogP contribution in [0.3, 0.4) is 0 Å². The van der Waals surface area contributed by atoms with Gasteiger partial charge >= 0.3 is 0 Å². The number of nitrogens with zero attached hydrogens (tertiary/aromatic N) is 3. The van der Waals surface area contributed by atoms with E-state index in [1.54, 1.807) is 6.92 Å². The molecule has 0 bridgehead atoms. The Morgan fingerprint density at radius 2 is 1.46 bits per heavy atom. The van der Waals surface area contributed by atoms with Gasteiger partial charge in [0.2, 0.25) is 5.91 Å². The van der Waals surface area contributed by atoms with Gasteiger partial charge in [0.25, 0.3) is 0 Å². The van der Waals surface area contributed by atoms with Crippen molar-refractivity contribution in [3.63, 3.8) is 0 Å². The van der Waals surface area contributed by atoms with Crippen molar-refractivity contribution >= 4 is 50.9 Å². The van der Waals surface area contributed by atoms with E-state index in [4.69, 9.17) is 28.2 Å². The summed E-state index contributed by atoms with van der Waals surface area (Å²) in [4.78, 5) is 22.7. The molecule has 0 spiro atoms. The Kier molecular flexibility index (Phi) is 6.67. The van der Waals surface area contributed by atoms with Crippen LogP contribution in [0, 0.1) is 13.8 Å². The Bertz CT molecular complexity index is 1470. The van der Waals surface area contributed by atoms with Crippen LogP contribution in [-0.2, 0) is 30.7 Å². The second-order valence-corrected chi connectivity index (χ2v) is 10.1. The van der Waals surface area contributed by atoms with E-state index in [-0.39, 0.29) is 5.91 Å². The lowest BCUT2D eigenvalue weighted by Crippen LogP contribution is -2.34. The van der Waals surface area contributed by atoms with E-state index in [0.717, 1.165) is 86.8 Å². The van der Waals surface area contributed by atoms with E-state index >= 15 is 0 Å². The molecular formula is C28H28Cl2N4O. The van der Waals surface area contributed by atoms with Crippen molar-refractivity contribution in [3.05, 3.63) is 80.1 Å². The van der Waals surface area contributed by atoms with Crippen molar-refractivity contribution in [2.75, 3.05) is 13.1 Å². The van der Waals surface area contributed by atoms with Gasteiger partial charge in [-0.3, -0.25) is 14.8 Å². The summed E-state index contributed by atoms with van der Waals surface area (Å²) in [5.74, 6) is 0.0889. The van der Waals surface area contributed by atoms with Crippen LogP contribution >= 0.6 is 23.2 Å². The van der Waals surface area contributed by atoms with Gasteiger partial charge in [-0.25, -0.2) is 0 Å². The zero-order chi connectivity index (χ0) is 24.7. The number of hydrogen-bond donors (Lipinski definition) is 1. The van der Waals surface area contributed by atoms with Crippen molar-refractivity contribution in [3.8, 4) is 0 Å². The number of amides is 1. The molecule has 35 heavy (non-hydrogen) atoms. The van der Waals surface area contributed by atoms with Crippen molar-refractivity contribution in [2.24, 2.45) is 0 Å². The van der Waals surface area contributed by atoms with Crippen LogP contribution < -0.4 is 5.32 Å². The van der Waals surface area contributed by atoms with Crippen molar-refractivity contribution in [1.82, 2.24) is 20.2 Å². The predicted octanol–water partition coefficient (Wildman–Crippen LogP) is 5.94. The van der Waals surface area contributed by atoms with Crippen molar-refractivity contribution in [1.29, 1.82) is 0 Å². The molecule has 0 saturated carbocycles. The minimum absolute atomic E-state index is 0.0889. The third-order valence-corrected chi connectivity index (χ3v) is 7.63. The van der Waals surface area contributed by atoms with Gasteiger partial charge in [0.15, 0.2) is 0 Å². The smallest absolute Gasteiger partial charge is 0.219 e. The maximum atomic E-state index is 11.5. The highest BCUT2D eigenvalue weighted by atomic mass is 35.5. The van der Waals surface area contributed by atoms with Crippen LogP contribution in [0.15, 0.2) is 36.4 Å². The standard InChI is InChI=1S/C15H15ClN2O.C13H13ClN2/c1-9-3-4-13-11(7-9)15(16)12-8-18(10(2)19)6-5-14(12)17-13;1-8-2-3-11-9(6-8)13(14)10-7-15-5-4-12(10)16-11/h3-4,7H,5-6,8H2,1-2H3;2-3,6,15H,4-5,7H2,1H3. The van der Waals surface area contributed by atoms with Crippen LogP contribution in [0.2, 0.25) is 10.0 Å². The molecule has 5 nitrogen and oxygen atoms in total. The van der Waals surface area contributed by atoms with E-state index in [0.29, 0.717) is 6.54 Å². The number of hydrogen-bond acceptors (Lipinski definition) is 4. The number of carbonyl (C=O) groups excluding carboxylic acids is 1. The molecule has 0 atom stereocenters. The molecule has 0 saturated heterocycles. The van der Waals surface area contributed by atoms with Crippen LogP contribution in [0.5, 0.6) is 0 Å². The summed E-state index contributed by atoms with van der Waals surface area (Å²) in [6.07, 6.45) is 1.75. The fraction of sp³-hybridized carbons (Fsp3) is 0.321. The zero-order valence-corrected chi connectivity index (χ0v) is 21.7. The summed E-state index contributed by atoms with van der Waals surface area (Å²) in [7, 11) is 0. The number of carbonyl (C=O) groups is 1. The fourth-order valence-electron chi connectivity index (χ4n) is 4.80. The lowest BCUT2D eigenvalue weighted by atomic mass is 10.0. The summed E-state index contributed by atoms with van der Waals surface area (Å²) in [5, 5.41) is 7.00. The van der Waals surface area contributed by atoms with Gasteiger partial charge < -0.3 is 10.2 Å². The van der Waals surface area contributed by atoms with E-state index < -0.39 is 0 Å². The lowest BCUT2D eigenvalue weighted by Gasteiger charge is -2.28. The van der Waals surface area contributed by atoms with Gasteiger partial charge in [-0.05, 0) is 38.1 Å². The number of fused-ring (bicyclic) bond motifs is 4. The predicted molar refractivity (Wildman–Crippen MR) is 143 cm³/mol. The highest BCUT2D eigenvalue weighted by molar-refractivity contribution is 6.36. The number of pyridine rings is 2. The highest BCUT2D eigenvalue weighted by Crippen LogP contribution is 2.33. The molecule has 2 aliphatic heterocycles. The monoisotopic (exact) mass is 506 g/mol. The molecule has 4 heterocycles. The molecule has 2 aliphatic rings. The summed E-state index contributed by atoms with van der Waals surface area (Å²) in [6.45, 7) is 8.84. The molecule has 1 N–H and O–H groups in total. The molecule has 2 aromatic carbocycles. The molecule has 2 aromatic heterocycles. The molecular weight excluding hydrogens is 479 g/mol. The maximum Gasteiger partial charge on any atom is 0.219 e. The van der Waals surface area contributed by atoms with Gasteiger partial charge in [0.05, 0.1) is 21.1 Å². The normalized spacial score (nSPS) is 14.8. The largest absolute Gasteiger partial charge is 0.338 e. The first kappa shape index (κ1) is 24.0. The number of rotatable bonds is 0. The van der Waals surface area contributed by atoms with E-state index in [1.807, 2.05) is 24.0 Å². The first-order valence-electron chi connectivity index (χ1n) is 11.9. The average molecular weight is 507 g/mol. The number of halogens is 2. The second kappa shape index (κ2) is 9.73. The zero-order valence-electron chi connectivity index (χ0n) is 20.2. The molecule has 4 aromatic rings. The van der Waals surface area contributed by atoms with E-state index in [2.05, 4.69) is 41.5 Å². The fourth-order valence-corrected chi connectivity index (χ4v) is 5.45. The Labute approximate surface area is 215 Å². The van der Waals surface area contributed by atoms with Crippen LogP contribution in [0.1, 0.15) is 40.6 Å². The van der Waals surface area contributed by atoms with Crippen LogP contribution in [-0.4, -0.2) is 33.9 Å². The SMILES string of the molecule is CC(=O)N1CCc2nc3ccc(C)cc3c(Cl)c2C1.Cc1ccc2nc3c(c(Cl)c2c1)CNCC3. The van der Waals surface area contributed by atoms with Gasteiger partial charge in [0, 0.05) is 79.2 Å². The Morgan fingerprint density at radius 1 is 0.886 bits per heavy atom. The summed E-state index contributed by atoms with van der Waals surface area (Å²) < 4.78 is 0. The van der Waals surface area contributed by atoms with E-state index in [9.17, 15) is 4.79 Å². The van der Waals surface area contributed by atoms with Gasteiger partial charge in [-0.1, -0.05) is 46.5 Å². The quantitative estimate of drug-likeness (QED) is 0.320. The van der Waals surface area contributed by atoms with Gasteiger partial charge in [0.1, 0.15) is 0 Å². The molecule has 1 amide bonds. The third kappa shape index (κ3) is 4.73. The molecule has 180 valence electrons. The molecule has 0 aliphatic carbocycles. The first-order valence-corrected chi connectivity index (χ1v) is 12.7. The average Bonchev–Trinajstić information content (AvgIpc) is 2.85. The lowest BCUT2D eigenvalue weighted by molar-refractivity contribution is -0.129.